The molecule has 1 heterocycles. The standard InChI is InChI=1S/C15H18N2O5S/c1-4-21-15(18)12-5-7-14(8-6-12)23(19,20)17(3)10-13-9-11(2)22-16-13/h5-9H,4,10H2,1-3H3. The highest BCUT2D eigenvalue weighted by Gasteiger charge is 2.22. The Bertz CT molecular complexity index is 780. The quantitative estimate of drug-likeness (QED) is 0.748. The van der Waals surface area contributed by atoms with Crippen LogP contribution in [0.4, 0.5) is 0 Å². The Morgan fingerprint density at radius 1 is 1.30 bits per heavy atom. The number of esters is 1. The Morgan fingerprint density at radius 3 is 2.48 bits per heavy atom. The minimum atomic E-state index is -3.68. The van der Waals surface area contributed by atoms with Gasteiger partial charge in [-0.2, -0.15) is 4.31 Å². The summed E-state index contributed by atoms with van der Waals surface area (Å²) in [5.41, 5.74) is 0.831. The predicted octanol–water partition coefficient (Wildman–Crippen LogP) is 1.98. The Kier molecular flexibility index (Phi) is 5.17. The first kappa shape index (κ1) is 17.2. The van der Waals surface area contributed by atoms with Crippen molar-refractivity contribution in [3.05, 3.63) is 47.3 Å². The minimum absolute atomic E-state index is 0.0910. The number of aromatic nitrogens is 1. The normalized spacial score (nSPS) is 11.7. The monoisotopic (exact) mass is 338 g/mol. The first-order chi connectivity index (χ1) is 10.8. The molecule has 2 rings (SSSR count). The molecule has 1 aromatic heterocycles. The molecule has 0 N–H and O–H groups in total. The summed E-state index contributed by atoms with van der Waals surface area (Å²) in [6.45, 7) is 3.80. The third kappa shape index (κ3) is 3.96. The first-order valence-electron chi connectivity index (χ1n) is 7.00. The zero-order valence-electron chi connectivity index (χ0n) is 13.1. The molecular weight excluding hydrogens is 320 g/mol. The summed E-state index contributed by atoms with van der Waals surface area (Å²) >= 11 is 0. The molecule has 0 spiro atoms. The summed E-state index contributed by atoms with van der Waals surface area (Å²) in [5, 5.41) is 3.78. The van der Waals surface area contributed by atoms with Crippen molar-refractivity contribution in [1.82, 2.24) is 9.46 Å². The van der Waals surface area contributed by atoms with Gasteiger partial charge in [-0.25, -0.2) is 13.2 Å². The van der Waals surface area contributed by atoms with Gasteiger partial charge in [0.05, 0.1) is 29.3 Å². The number of sulfonamides is 1. The van der Waals surface area contributed by atoms with E-state index in [1.807, 2.05) is 0 Å². The van der Waals surface area contributed by atoms with Gasteiger partial charge in [-0.05, 0) is 38.1 Å². The highest BCUT2D eigenvalue weighted by Crippen LogP contribution is 2.18. The highest BCUT2D eigenvalue weighted by atomic mass is 32.2. The average Bonchev–Trinajstić information content (AvgIpc) is 2.92. The zero-order chi connectivity index (χ0) is 17.0. The summed E-state index contributed by atoms with van der Waals surface area (Å²) in [4.78, 5) is 11.7. The molecule has 0 amide bonds. The van der Waals surface area contributed by atoms with E-state index >= 15 is 0 Å². The van der Waals surface area contributed by atoms with Gasteiger partial charge in [0.1, 0.15) is 5.76 Å². The molecule has 0 unspecified atom stereocenters. The van der Waals surface area contributed by atoms with Crippen LogP contribution in [-0.2, 0) is 21.3 Å². The maximum absolute atomic E-state index is 12.5. The lowest BCUT2D eigenvalue weighted by Crippen LogP contribution is -2.26. The van der Waals surface area contributed by atoms with E-state index in [-0.39, 0.29) is 18.0 Å². The van der Waals surface area contributed by atoms with Crippen LogP contribution in [0.1, 0.15) is 28.7 Å². The first-order valence-corrected chi connectivity index (χ1v) is 8.44. The van der Waals surface area contributed by atoms with Crippen molar-refractivity contribution < 1.29 is 22.5 Å². The Balaban J connectivity index is 2.16. The molecule has 0 saturated carbocycles. The van der Waals surface area contributed by atoms with Crippen molar-refractivity contribution >= 4 is 16.0 Å². The van der Waals surface area contributed by atoms with Crippen molar-refractivity contribution in [2.24, 2.45) is 0 Å². The van der Waals surface area contributed by atoms with Gasteiger partial charge in [-0.15, -0.1) is 0 Å². The SMILES string of the molecule is CCOC(=O)c1ccc(S(=O)(=O)N(C)Cc2cc(C)on2)cc1. The van der Waals surface area contributed by atoms with Gasteiger partial charge in [-0.1, -0.05) is 5.16 Å². The van der Waals surface area contributed by atoms with E-state index in [4.69, 9.17) is 9.26 Å². The summed E-state index contributed by atoms with van der Waals surface area (Å²) in [6, 6.07) is 7.30. The third-order valence-electron chi connectivity index (χ3n) is 3.14. The molecular formula is C15H18N2O5S. The van der Waals surface area contributed by atoms with Crippen LogP contribution < -0.4 is 0 Å². The molecule has 0 aliphatic carbocycles. The molecule has 8 heteroatoms. The second-order valence-electron chi connectivity index (χ2n) is 4.93. The Hall–Kier alpha value is -2.19. The predicted molar refractivity (Wildman–Crippen MR) is 82.3 cm³/mol. The number of ether oxygens (including phenoxy) is 1. The van der Waals surface area contributed by atoms with Gasteiger partial charge >= 0.3 is 5.97 Å². The number of carbonyl (C=O) groups is 1. The van der Waals surface area contributed by atoms with Crippen molar-refractivity contribution in [3.8, 4) is 0 Å². The Morgan fingerprint density at radius 2 is 1.96 bits per heavy atom. The molecule has 2 aromatic rings. The van der Waals surface area contributed by atoms with E-state index in [0.29, 0.717) is 17.0 Å². The maximum Gasteiger partial charge on any atom is 0.338 e. The molecule has 23 heavy (non-hydrogen) atoms. The van der Waals surface area contributed by atoms with Gasteiger partial charge in [0.25, 0.3) is 0 Å². The molecule has 0 aliphatic heterocycles. The minimum Gasteiger partial charge on any atom is -0.462 e. The molecule has 0 bridgehead atoms. The highest BCUT2D eigenvalue weighted by molar-refractivity contribution is 7.89. The summed E-state index contributed by atoms with van der Waals surface area (Å²) in [6.07, 6.45) is 0. The molecule has 0 radical (unpaired) electrons. The smallest absolute Gasteiger partial charge is 0.338 e. The number of nitrogens with zero attached hydrogens (tertiary/aromatic N) is 2. The second-order valence-corrected chi connectivity index (χ2v) is 6.98. The number of aryl methyl sites for hydroxylation is 1. The van der Waals surface area contributed by atoms with Crippen LogP contribution in [0.25, 0.3) is 0 Å². The Labute approximate surface area is 134 Å². The third-order valence-corrected chi connectivity index (χ3v) is 4.95. The number of hydrogen-bond donors (Lipinski definition) is 0. The van der Waals surface area contributed by atoms with Crippen LogP contribution in [0, 0.1) is 6.92 Å². The summed E-state index contributed by atoms with van der Waals surface area (Å²) in [5.74, 6) is 0.132. The average molecular weight is 338 g/mol. The van der Waals surface area contributed by atoms with Gasteiger partial charge in [0.2, 0.25) is 10.0 Å². The zero-order valence-corrected chi connectivity index (χ0v) is 14.0. The van der Waals surface area contributed by atoms with Crippen molar-refractivity contribution in [2.75, 3.05) is 13.7 Å². The van der Waals surface area contributed by atoms with Gasteiger partial charge in [-0.3, -0.25) is 0 Å². The lowest BCUT2D eigenvalue weighted by Gasteiger charge is -2.15. The molecule has 0 atom stereocenters. The lowest BCUT2D eigenvalue weighted by molar-refractivity contribution is 0.0526. The molecule has 0 fully saturated rings. The molecule has 124 valence electrons. The van der Waals surface area contributed by atoms with Crippen molar-refractivity contribution in [2.45, 2.75) is 25.3 Å². The van der Waals surface area contributed by atoms with E-state index in [1.165, 1.54) is 35.6 Å². The fourth-order valence-corrected chi connectivity index (χ4v) is 3.11. The number of hydrogen-bond acceptors (Lipinski definition) is 6. The van der Waals surface area contributed by atoms with E-state index in [0.717, 1.165) is 0 Å². The van der Waals surface area contributed by atoms with E-state index in [1.54, 1.807) is 19.9 Å². The molecule has 0 aliphatic rings. The summed E-state index contributed by atoms with van der Waals surface area (Å²) < 4.78 is 36.0. The van der Waals surface area contributed by atoms with E-state index in [2.05, 4.69) is 5.16 Å². The van der Waals surface area contributed by atoms with Gasteiger partial charge < -0.3 is 9.26 Å². The van der Waals surface area contributed by atoms with Crippen LogP contribution in [-0.4, -0.2) is 37.5 Å². The second kappa shape index (κ2) is 6.93. The fraction of sp³-hybridized carbons (Fsp3) is 0.333. The van der Waals surface area contributed by atoms with Crippen molar-refractivity contribution in [1.29, 1.82) is 0 Å². The fourth-order valence-electron chi connectivity index (χ4n) is 1.96. The van der Waals surface area contributed by atoms with Crippen LogP contribution in [0.15, 0.2) is 39.8 Å². The van der Waals surface area contributed by atoms with Gasteiger partial charge in [0, 0.05) is 13.1 Å². The lowest BCUT2D eigenvalue weighted by atomic mass is 10.2. The maximum atomic E-state index is 12.5. The van der Waals surface area contributed by atoms with Crippen LogP contribution in [0.3, 0.4) is 0 Å². The van der Waals surface area contributed by atoms with Gasteiger partial charge in [0.15, 0.2) is 0 Å². The van der Waals surface area contributed by atoms with Crippen LogP contribution >= 0.6 is 0 Å². The number of benzene rings is 1. The molecule has 1 aromatic carbocycles. The molecule has 7 nitrogen and oxygen atoms in total. The van der Waals surface area contributed by atoms with E-state index in [9.17, 15) is 13.2 Å². The van der Waals surface area contributed by atoms with E-state index < -0.39 is 16.0 Å². The summed E-state index contributed by atoms with van der Waals surface area (Å²) in [7, 11) is -2.23. The number of carbonyl (C=O) groups excluding carboxylic acids is 1. The molecule has 0 saturated heterocycles. The topological polar surface area (TPSA) is 89.7 Å². The van der Waals surface area contributed by atoms with Crippen LogP contribution in [0.2, 0.25) is 0 Å². The largest absolute Gasteiger partial charge is 0.462 e. The number of rotatable bonds is 6. The van der Waals surface area contributed by atoms with Crippen LogP contribution in [0.5, 0.6) is 0 Å². The van der Waals surface area contributed by atoms with Crippen molar-refractivity contribution in [3.63, 3.8) is 0 Å².